The minimum atomic E-state index is -2.48. The minimum absolute atomic E-state index is 0.0366. The first-order valence-corrected chi connectivity index (χ1v) is 6.59. The Balaban J connectivity index is 1.78. The van der Waals surface area contributed by atoms with Crippen molar-refractivity contribution in [1.29, 1.82) is 0 Å². The normalized spacial score (nSPS) is 22.8. The van der Waals surface area contributed by atoms with Crippen LogP contribution in [0, 0.1) is 0 Å². The van der Waals surface area contributed by atoms with Crippen molar-refractivity contribution in [3.63, 3.8) is 0 Å². The van der Waals surface area contributed by atoms with Crippen molar-refractivity contribution in [2.75, 3.05) is 5.32 Å². The third-order valence-corrected chi connectivity index (χ3v) is 3.25. The Morgan fingerprint density at radius 3 is 2.80 bits per heavy atom. The lowest BCUT2D eigenvalue weighted by Crippen LogP contribution is -2.40. The van der Waals surface area contributed by atoms with Crippen molar-refractivity contribution in [3.8, 4) is 0 Å². The number of aliphatic hydroxyl groups excluding tert-OH is 1. The van der Waals surface area contributed by atoms with Crippen molar-refractivity contribution in [2.24, 2.45) is 0 Å². The van der Waals surface area contributed by atoms with Gasteiger partial charge in [0.15, 0.2) is 0 Å². The Kier molecular flexibility index (Phi) is 4.89. The molecule has 2 rings (SSSR count). The van der Waals surface area contributed by atoms with Gasteiger partial charge in [-0.25, -0.2) is 13.6 Å². The van der Waals surface area contributed by atoms with E-state index < -0.39 is 13.0 Å². The first kappa shape index (κ1) is 14.7. The molecule has 1 saturated carbocycles. The molecule has 0 spiro atoms. The maximum Gasteiger partial charge on any atom is 0.319 e. The number of aliphatic hydroxyl groups is 1. The van der Waals surface area contributed by atoms with E-state index in [2.05, 4.69) is 15.7 Å². The number of hydrogen-bond donors (Lipinski definition) is 3. The van der Waals surface area contributed by atoms with Crippen LogP contribution in [0.2, 0.25) is 0 Å². The number of carbonyl (C=O) groups excluding carboxylic acids is 1. The van der Waals surface area contributed by atoms with Crippen LogP contribution in [0.15, 0.2) is 12.4 Å². The van der Waals surface area contributed by atoms with Crippen LogP contribution in [0.3, 0.4) is 0 Å². The van der Waals surface area contributed by atoms with Gasteiger partial charge in [0.1, 0.15) is 6.54 Å². The Labute approximate surface area is 115 Å². The van der Waals surface area contributed by atoms with Crippen LogP contribution < -0.4 is 10.6 Å². The van der Waals surface area contributed by atoms with Gasteiger partial charge in [-0.2, -0.15) is 5.10 Å². The van der Waals surface area contributed by atoms with Gasteiger partial charge in [0.2, 0.25) is 0 Å². The number of anilines is 1. The predicted molar refractivity (Wildman–Crippen MR) is 68.6 cm³/mol. The highest BCUT2D eigenvalue weighted by Crippen LogP contribution is 2.18. The van der Waals surface area contributed by atoms with Gasteiger partial charge in [-0.1, -0.05) is 0 Å². The molecule has 0 saturated heterocycles. The van der Waals surface area contributed by atoms with E-state index in [9.17, 15) is 18.7 Å². The van der Waals surface area contributed by atoms with Crippen LogP contribution in [0.1, 0.15) is 25.7 Å². The Hall–Kier alpha value is -1.70. The average Bonchev–Trinajstić information content (AvgIpc) is 2.78. The summed E-state index contributed by atoms with van der Waals surface area (Å²) in [5.74, 6) is 0. The molecule has 0 bridgehead atoms. The van der Waals surface area contributed by atoms with Crippen LogP contribution in [0.5, 0.6) is 0 Å². The van der Waals surface area contributed by atoms with Gasteiger partial charge in [0.05, 0.1) is 18.0 Å². The van der Waals surface area contributed by atoms with E-state index in [1.54, 1.807) is 0 Å². The van der Waals surface area contributed by atoms with Crippen LogP contribution in [-0.4, -0.2) is 39.5 Å². The third kappa shape index (κ3) is 4.44. The molecule has 0 unspecified atom stereocenters. The number of rotatable bonds is 4. The topological polar surface area (TPSA) is 79.2 Å². The third-order valence-electron chi connectivity index (χ3n) is 3.25. The second-order valence-corrected chi connectivity index (χ2v) is 4.95. The molecule has 1 heterocycles. The average molecular weight is 288 g/mol. The molecular formula is C12H18F2N4O2. The van der Waals surface area contributed by atoms with E-state index in [4.69, 9.17) is 0 Å². The summed E-state index contributed by atoms with van der Waals surface area (Å²) in [5.41, 5.74) is 0.374. The van der Waals surface area contributed by atoms with Gasteiger partial charge >= 0.3 is 6.03 Å². The zero-order valence-electron chi connectivity index (χ0n) is 10.9. The molecule has 0 aromatic carbocycles. The molecule has 1 aromatic rings. The Bertz CT molecular complexity index is 444. The lowest BCUT2D eigenvalue weighted by molar-refractivity contribution is 0.118. The molecule has 0 aliphatic heterocycles. The molecule has 112 valence electrons. The molecule has 2 amide bonds. The number of amides is 2. The van der Waals surface area contributed by atoms with E-state index in [1.807, 2.05) is 0 Å². The number of hydrogen-bond acceptors (Lipinski definition) is 3. The second kappa shape index (κ2) is 6.65. The van der Waals surface area contributed by atoms with Crippen molar-refractivity contribution in [1.82, 2.24) is 15.1 Å². The first-order valence-electron chi connectivity index (χ1n) is 6.59. The fourth-order valence-corrected chi connectivity index (χ4v) is 2.24. The molecule has 1 aromatic heterocycles. The largest absolute Gasteiger partial charge is 0.393 e. The summed E-state index contributed by atoms with van der Waals surface area (Å²) in [7, 11) is 0. The van der Waals surface area contributed by atoms with Gasteiger partial charge in [0, 0.05) is 12.2 Å². The number of carbonyl (C=O) groups is 1. The SMILES string of the molecule is O=C(Nc1cnn(CC(F)F)c1)NC1CCC(O)CC1. The highest BCUT2D eigenvalue weighted by Gasteiger charge is 2.20. The van der Waals surface area contributed by atoms with E-state index in [1.165, 1.54) is 12.4 Å². The second-order valence-electron chi connectivity index (χ2n) is 4.95. The smallest absolute Gasteiger partial charge is 0.319 e. The van der Waals surface area contributed by atoms with Crippen LogP contribution in [-0.2, 0) is 6.54 Å². The molecule has 0 radical (unpaired) electrons. The van der Waals surface area contributed by atoms with Gasteiger partial charge in [-0.15, -0.1) is 0 Å². The molecule has 1 fully saturated rings. The lowest BCUT2D eigenvalue weighted by atomic mass is 9.93. The van der Waals surface area contributed by atoms with E-state index in [0.717, 1.165) is 17.5 Å². The van der Waals surface area contributed by atoms with Crippen molar-refractivity contribution in [3.05, 3.63) is 12.4 Å². The summed E-state index contributed by atoms with van der Waals surface area (Å²) < 4.78 is 25.4. The molecule has 6 nitrogen and oxygen atoms in total. The fourth-order valence-electron chi connectivity index (χ4n) is 2.24. The van der Waals surface area contributed by atoms with E-state index >= 15 is 0 Å². The molecular weight excluding hydrogens is 270 g/mol. The number of nitrogens with one attached hydrogen (secondary N) is 2. The van der Waals surface area contributed by atoms with Gasteiger partial charge in [0.25, 0.3) is 6.43 Å². The maximum atomic E-state index is 12.2. The number of alkyl halides is 2. The summed E-state index contributed by atoms with van der Waals surface area (Å²) in [4.78, 5) is 11.7. The summed E-state index contributed by atoms with van der Waals surface area (Å²) in [6.07, 6.45) is 2.75. The number of nitrogens with zero attached hydrogens (tertiary/aromatic N) is 2. The van der Waals surface area contributed by atoms with Gasteiger partial charge in [-0.3, -0.25) is 4.68 Å². The quantitative estimate of drug-likeness (QED) is 0.787. The summed E-state index contributed by atoms with van der Waals surface area (Å²) in [5, 5.41) is 18.4. The van der Waals surface area contributed by atoms with Crippen molar-refractivity contribution >= 4 is 11.7 Å². The Morgan fingerprint density at radius 1 is 1.45 bits per heavy atom. The number of urea groups is 1. The summed E-state index contributed by atoms with van der Waals surface area (Å²) in [6.45, 7) is -0.496. The van der Waals surface area contributed by atoms with Crippen LogP contribution in [0.25, 0.3) is 0 Å². The summed E-state index contributed by atoms with van der Waals surface area (Å²) in [6, 6.07) is -0.350. The molecule has 20 heavy (non-hydrogen) atoms. The molecule has 3 N–H and O–H groups in total. The predicted octanol–water partition coefficient (Wildman–Crippen LogP) is 1.57. The Morgan fingerprint density at radius 2 is 2.15 bits per heavy atom. The van der Waals surface area contributed by atoms with Crippen LogP contribution in [0.4, 0.5) is 19.3 Å². The van der Waals surface area contributed by atoms with Gasteiger partial charge < -0.3 is 15.7 Å². The zero-order valence-corrected chi connectivity index (χ0v) is 10.9. The lowest BCUT2D eigenvalue weighted by Gasteiger charge is -2.26. The van der Waals surface area contributed by atoms with Crippen LogP contribution >= 0.6 is 0 Å². The minimum Gasteiger partial charge on any atom is -0.393 e. The van der Waals surface area contributed by atoms with Gasteiger partial charge in [-0.05, 0) is 25.7 Å². The molecule has 1 aliphatic carbocycles. The van der Waals surface area contributed by atoms with E-state index in [-0.39, 0.29) is 18.2 Å². The molecule has 8 heteroatoms. The fraction of sp³-hybridized carbons (Fsp3) is 0.667. The summed E-state index contributed by atoms with van der Waals surface area (Å²) >= 11 is 0. The number of halogens is 2. The van der Waals surface area contributed by atoms with Crippen molar-refractivity contribution < 1.29 is 18.7 Å². The highest BCUT2D eigenvalue weighted by atomic mass is 19.3. The number of aromatic nitrogens is 2. The highest BCUT2D eigenvalue weighted by molar-refractivity contribution is 5.89. The first-order chi connectivity index (χ1) is 9.52. The maximum absolute atomic E-state index is 12.2. The van der Waals surface area contributed by atoms with E-state index in [0.29, 0.717) is 18.5 Å². The molecule has 1 aliphatic rings. The monoisotopic (exact) mass is 288 g/mol. The zero-order chi connectivity index (χ0) is 14.5. The van der Waals surface area contributed by atoms with Crippen molar-refractivity contribution in [2.45, 2.75) is 50.8 Å². The molecule has 0 atom stereocenters. The standard InChI is InChI=1S/C12H18F2N4O2/c13-11(14)7-18-6-9(5-15-18)17-12(20)16-8-1-3-10(19)4-2-8/h5-6,8,10-11,19H,1-4,7H2,(H2,16,17,20).